The lowest BCUT2D eigenvalue weighted by Gasteiger charge is -2.20. The van der Waals surface area contributed by atoms with Crippen LogP contribution in [-0.4, -0.2) is 52.1 Å². The van der Waals surface area contributed by atoms with Crippen LogP contribution >= 0.6 is 11.6 Å². The van der Waals surface area contributed by atoms with Crippen LogP contribution in [0.25, 0.3) is 0 Å². The first-order valence-corrected chi connectivity index (χ1v) is 10.9. The highest BCUT2D eigenvalue weighted by molar-refractivity contribution is 7.89. The summed E-state index contributed by atoms with van der Waals surface area (Å²) in [6.45, 7) is 4.17. The lowest BCUT2D eigenvalue weighted by molar-refractivity contribution is 0.0450. The van der Waals surface area contributed by atoms with Gasteiger partial charge in [-0.05, 0) is 30.3 Å². The molecule has 0 fully saturated rings. The first-order chi connectivity index (χ1) is 13.8. The average molecular weight is 442 g/mol. The van der Waals surface area contributed by atoms with Crippen molar-refractivity contribution in [3.8, 4) is 11.5 Å². The van der Waals surface area contributed by atoms with E-state index in [-0.39, 0.29) is 29.4 Å². The van der Waals surface area contributed by atoms with Gasteiger partial charge in [-0.25, -0.2) is 13.2 Å². The first-order valence-electron chi connectivity index (χ1n) is 9.07. The molecule has 0 aliphatic carbocycles. The maximum Gasteiger partial charge on any atom is 0.338 e. The van der Waals surface area contributed by atoms with Crippen molar-refractivity contribution in [1.29, 1.82) is 0 Å². The number of methoxy groups -OCH3 is 1. The fourth-order valence-electron chi connectivity index (χ4n) is 2.64. The summed E-state index contributed by atoms with van der Waals surface area (Å²) in [7, 11) is -2.43. The maximum absolute atomic E-state index is 12.9. The smallest absolute Gasteiger partial charge is 0.338 e. The van der Waals surface area contributed by atoms with Crippen LogP contribution in [0.1, 0.15) is 24.2 Å². The summed E-state index contributed by atoms with van der Waals surface area (Å²) < 4.78 is 42.8. The Morgan fingerprint density at radius 1 is 1.03 bits per heavy atom. The lowest BCUT2D eigenvalue weighted by atomic mass is 10.2. The molecule has 0 amide bonds. The topological polar surface area (TPSA) is 82.1 Å². The number of nitrogens with zero attached hydrogens (tertiary/aromatic N) is 1. The summed E-state index contributed by atoms with van der Waals surface area (Å²) >= 11 is 5.99. The van der Waals surface area contributed by atoms with E-state index >= 15 is 0 Å². The standard InChI is InChI=1S/C20H24ClNO6S/c1-4-22(5-2)29(24,25)19-14-15(10-11-18(19)26-3)20(23)28-13-12-27-17-9-7-6-8-16(17)21/h6-11,14H,4-5,12-13H2,1-3H3. The van der Waals surface area contributed by atoms with Crippen LogP contribution in [0.15, 0.2) is 47.4 Å². The van der Waals surface area contributed by atoms with Crippen LogP contribution in [0.5, 0.6) is 11.5 Å². The van der Waals surface area contributed by atoms with Crippen LogP contribution in [0, 0.1) is 0 Å². The van der Waals surface area contributed by atoms with Crippen LogP contribution in [-0.2, 0) is 14.8 Å². The van der Waals surface area contributed by atoms with E-state index < -0.39 is 16.0 Å². The second kappa shape index (κ2) is 10.5. The summed E-state index contributed by atoms with van der Waals surface area (Å²) in [6.07, 6.45) is 0. The molecule has 0 aliphatic rings. The van der Waals surface area contributed by atoms with Gasteiger partial charge in [0.25, 0.3) is 0 Å². The summed E-state index contributed by atoms with van der Waals surface area (Å²) in [4.78, 5) is 12.3. The van der Waals surface area contributed by atoms with Crippen molar-refractivity contribution in [3.05, 3.63) is 53.1 Å². The van der Waals surface area contributed by atoms with Crippen LogP contribution in [0.3, 0.4) is 0 Å². The Balaban J connectivity index is 2.10. The molecule has 0 radical (unpaired) electrons. The molecule has 0 bridgehead atoms. The van der Waals surface area contributed by atoms with Gasteiger partial charge >= 0.3 is 5.97 Å². The van der Waals surface area contributed by atoms with Gasteiger partial charge in [0.15, 0.2) is 0 Å². The van der Waals surface area contributed by atoms with Crippen LogP contribution < -0.4 is 9.47 Å². The minimum absolute atomic E-state index is 0.0196. The van der Waals surface area contributed by atoms with Crippen molar-refractivity contribution in [3.63, 3.8) is 0 Å². The molecule has 29 heavy (non-hydrogen) atoms. The van der Waals surface area contributed by atoms with Crippen molar-refractivity contribution in [1.82, 2.24) is 4.31 Å². The second-order valence-electron chi connectivity index (χ2n) is 5.87. The van der Waals surface area contributed by atoms with E-state index in [0.717, 1.165) is 0 Å². The molecule has 9 heteroatoms. The van der Waals surface area contributed by atoms with E-state index in [1.807, 2.05) is 0 Å². The lowest BCUT2D eigenvalue weighted by Crippen LogP contribution is -2.31. The molecule has 0 saturated carbocycles. The number of halogens is 1. The van der Waals surface area contributed by atoms with Crippen LogP contribution in [0.2, 0.25) is 5.02 Å². The Bertz CT molecular complexity index is 944. The molecule has 158 valence electrons. The van der Waals surface area contributed by atoms with Gasteiger partial charge in [0.05, 0.1) is 17.7 Å². The van der Waals surface area contributed by atoms with Crippen molar-refractivity contribution >= 4 is 27.6 Å². The molecular weight excluding hydrogens is 418 g/mol. The Morgan fingerprint density at radius 3 is 2.34 bits per heavy atom. The third-order valence-electron chi connectivity index (χ3n) is 4.13. The largest absolute Gasteiger partial charge is 0.495 e. The molecular formula is C20H24ClNO6S. The number of esters is 1. The van der Waals surface area contributed by atoms with Gasteiger partial charge in [-0.3, -0.25) is 0 Å². The third kappa shape index (κ3) is 5.62. The normalized spacial score (nSPS) is 11.3. The highest BCUT2D eigenvalue weighted by Crippen LogP contribution is 2.28. The van der Waals surface area contributed by atoms with Crippen LogP contribution in [0.4, 0.5) is 0 Å². The van der Waals surface area contributed by atoms with E-state index in [2.05, 4.69) is 0 Å². The predicted molar refractivity (Wildman–Crippen MR) is 110 cm³/mol. The van der Waals surface area contributed by atoms with Gasteiger partial charge in [0.1, 0.15) is 29.6 Å². The molecule has 0 aliphatic heterocycles. The fourth-order valence-corrected chi connectivity index (χ4v) is 4.47. The molecule has 0 atom stereocenters. The summed E-state index contributed by atoms with van der Waals surface area (Å²) in [6, 6.07) is 11.1. The summed E-state index contributed by atoms with van der Waals surface area (Å²) in [5, 5.41) is 0.459. The number of hydrogen-bond acceptors (Lipinski definition) is 6. The van der Waals surface area contributed by atoms with E-state index in [0.29, 0.717) is 23.9 Å². The molecule has 0 heterocycles. The van der Waals surface area contributed by atoms with Crippen molar-refractivity contribution in [2.24, 2.45) is 0 Å². The number of sulfonamides is 1. The van der Waals surface area contributed by atoms with Crippen molar-refractivity contribution < 1.29 is 27.4 Å². The summed E-state index contributed by atoms with van der Waals surface area (Å²) in [5.74, 6) is -0.0100. The molecule has 0 unspecified atom stereocenters. The van der Waals surface area contributed by atoms with Gasteiger partial charge in [0, 0.05) is 13.1 Å². The molecule has 0 spiro atoms. The van der Waals surface area contributed by atoms with Gasteiger partial charge in [-0.15, -0.1) is 0 Å². The second-order valence-corrected chi connectivity index (χ2v) is 8.18. The number of ether oxygens (including phenoxy) is 3. The summed E-state index contributed by atoms with van der Waals surface area (Å²) in [5.41, 5.74) is 0.106. The highest BCUT2D eigenvalue weighted by atomic mass is 35.5. The van der Waals surface area contributed by atoms with E-state index in [4.69, 9.17) is 25.8 Å². The number of hydrogen-bond donors (Lipinski definition) is 0. The van der Waals surface area contributed by atoms with Crippen molar-refractivity contribution in [2.75, 3.05) is 33.4 Å². The van der Waals surface area contributed by atoms with Gasteiger partial charge < -0.3 is 14.2 Å². The maximum atomic E-state index is 12.9. The Morgan fingerprint density at radius 2 is 1.72 bits per heavy atom. The minimum Gasteiger partial charge on any atom is -0.495 e. The molecule has 0 N–H and O–H groups in total. The molecule has 2 aromatic carbocycles. The first kappa shape index (κ1) is 23.0. The SMILES string of the molecule is CCN(CC)S(=O)(=O)c1cc(C(=O)OCCOc2ccccc2Cl)ccc1OC. The number of carbonyl (C=O) groups is 1. The minimum atomic E-state index is -3.80. The Labute approximate surface area is 176 Å². The average Bonchev–Trinajstić information content (AvgIpc) is 2.72. The predicted octanol–water partition coefficient (Wildman–Crippen LogP) is 3.61. The molecule has 7 nitrogen and oxygen atoms in total. The van der Waals surface area contributed by atoms with Gasteiger partial charge in [-0.1, -0.05) is 37.6 Å². The van der Waals surface area contributed by atoms with Crippen molar-refractivity contribution in [2.45, 2.75) is 18.7 Å². The molecule has 0 aromatic heterocycles. The third-order valence-corrected chi connectivity index (χ3v) is 6.52. The Hall–Kier alpha value is -2.29. The Kier molecular flexibility index (Phi) is 8.31. The number of benzene rings is 2. The quantitative estimate of drug-likeness (QED) is 0.413. The zero-order chi connectivity index (χ0) is 21.4. The number of rotatable bonds is 10. The van der Waals surface area contributed by atoms with E-state index in [1.54, 1.807) is 38.1 Å². The zero-order valence-corrected chi connectivity index (χ0v) is 18.1. The monoisotopic (exact) mass is 441 g/mol. The fraction of sp³-hybridized carbons (Fsp3) is 0.350. The molecule has 2 aromatic rings. The molecule has 0 saturated heterocycles. The van der Waals surface area contributed by atoms with E-state index in [1.165, 1.54) is 29.6 Å². The van der Waals surface area contributed by atoms with Gasteiger partial charge in [0.2, 0.25) is 10.0 Å². The molecule has 2 rings (SSSR count). The van der Waals surface area contributed by atoms with E-state index in [9.17, 15) is 13.2 Å². The number of para-hydroxylation sites is 1. The zero-order valence-electron chi connectivity index (χ0n) is 16.6. The highest BCUT2D eigenvalue weighted by Gasteiger charge is 2.27. The number of carbonyl (C=O) groups excluding carboxylic acids is 1. The van der Waals surface area contributed by atoms with Gasteiger partial charge in [-0.2, -0.15) is 4.31 Å².